The molecule has 1 aliphatic carbocycles. The zero-order valence-electron chi connectivity index (χ0n) is 10.1. The van der Waals surface area contributed by atoms with Gasteiger partial charge in [-0.1, -0.05) is 12.1 Å². The number of hydrogen-bond donors (Lipinski definition) is 1. The van der Waals surface area contributed by atoms with Crippen molar-refractivity contribution < 1.29 is 19.4 Å². The molecule has 0 heterocycles. The molecule has 5 nitrogen and oxygen atoms in total. The summed E-state index contributed by atoms with van der Waals surface area (Å²) in [4.78, 5) is 24.5. The van der Waals surface area contributed by atoms with Crippen molar-refractivity contribution in [2.45, 2.75) is 18.9 Å². The second-order valence-electron chi connectivity index (χ2n) is 4.26. The second kappa shape index (κ2) is 5.08. The predicted molar refractivity (Wildman–Crippen MR) is 64.7 cm³/mol. The van der Waals surface area contributed by atoms with Crippen LogP contribution < -0.4 is 4.74 Å². The van der Waals surface area contributed by atoms with Crippen molar-refractivity contribution in [3.8, 4) is 5.75 Å². The number of nitrogens with zero attached hydrogens (tertiary/aromatic N) is 1. The number of para-hydroxylation sites is 1. The average Bonchev–Trinajstić information content (AvgIpc) is 3.19. The van der Waals surface area contributed by atoms with Gasteiger partial charge in [0.15, 0.2) is 0 Å². The normalized spacial score (nSPS) is 14.1. The van der Waals surface area contributed by atoms with E-state index in [4.69, 9.17) is 9.84 Å². The fourth-order valence-corrected chi connectivity index (χ4v) is 1.87. The van der Waals surface area contributed by atoms with Gasteiger partial charge in [0.05, 0.1) is 12.7 Å². The van der Waals surface area contributed by atoms with Gasteiger partial charge in [-0.2, -0.15) is 0 Å². The van der Waals surface area contributed by atoms with E-state index in [0.29, 0.717) is 11.3 Å². The summed E-state index contributed by atoms with van der Waals surface area (Å²) in [6.45, 7) is -0.262. The summed E-state index contributed by atoms with van der Waals surface area (Å²) in [5, 5.41) is 8.86. The lowest BCUT2D eigenvalue weighted by atomic mass is 10.1. The summed E-state index contributed by atoms with van der Waals surface area (Å²) in [5.74, 6) is -0.805. The molecule has 0 bridgehead atoms. The number of methoxy groups -OCH3 is 1. The number of ether oxygens (including phenoxy) is 1. The van der Waals surface area contributed by atoms with E-state index in [9.17, 15) is 9.59 Å². The summed E-state index contributed by atoms with van der Waals surface area (Å²) in [6.07, 6.45) is 1.74. The van der Waals surface area contributed by atoms with Crippen molar-refractivity contribution in [1.82, 2.24) is 4.90 Å². The summed E-state index contributed by atoms with van der Waals surface area (Å²) >= 11 is 0. The molecule has 1 saturated carbocycles. The van der Waals surface area contributed by atoms with Crippen LogP contribution in [0.2, 0.25) is 0 Å². The maximum Gasteiger partial charge on any atom is 0.323 e. The van der Waals surface area contributed by atoms with E-state index < -0.39 is 5.97 Å². The summed E-state index contributed by atoms with van der Waals surface area (Å²) < 4.78 is 5.13. The third-order valence-corrected chi connectivity index (χ3v) is 2.89. The molecule has 2 rings (SSSR count). The Balaban J connectivity index is 2.24. The molecule has 1 aromatic rings. The van der Waals surface area contributed by atoms with Crippen LogP contribution in [0, 0.1) is 0 Å². The third-order valence-electron chi connectivity index (χ3n) is 2.89. The zero-order chi connectivity index (χ0) is 13.1. The van der Waals surface area contributed by atoms with E-state index in [1.165, 1.54) is 12.0 Å². The monoisotopic (exact) mass is 249 g/mol. The molecule has 0 saturated heterocycles. The second-order valence-corrected chi connectivity index (χ2v) is 4.26. The molecular weight excluding hydrogens is 234 g/mol. The van der Waals surface area contributed by atoms with Crippen molar-refractivity contribution in [1.29, 1.82) is 0 Å². The lowest BCUT2D eigenvalue weighted by Gasteiger charge is -2.21. The van der Waals surface area contributed by atoms with E-state index >= 15 is 0 Å². The van der Waals surface area contributed by atoms with Gasteiger partial charge in [-0.15, -0.1) is 0 Å². The Hall–Kier alpha value is -2.04. The Kier molecular flexibility index (Phi) is 3.50. The molecule has 96 valence electrons. The van der Waals surface area contributed by atoms with E-state index in [1.54, 1.807) is 24.3 Å². The topological polar surface area (TPSA) is 66.8 Å². The Labute approximate surface area is 105 Å². The summed E-state index contributed by atoms with van der Waals surface area (Å²) in [7, 11) is 1.49. The molecule has 0 radical (unpaired) electrons. The Morgan fingerprint density at radius 3 is 2.61 bits per heavy atom. The quantitative estimate of drug-likeness (QED) is 0.856. The maximum absolute atomic E-state index is 12.3. The van der Waals surface area contributed by atoms with Crippen molar-refractivity contribution in [2.24, 2.45) is 0 Å². The minimum absolute atomic E-state index is 0.0542. The molecule has 0 aliphatic heterocycles. The average molecular weight is 249 g/mol. The Morgan fingerprint density at radius 2 is 2.06 bits per heavy atom. The van der Waals surface area contributed by atoms with Crippen molar-refractivity contribution >= 4 is 11.9 Å². The Morgan fingerprint density at radius 1 is 1.39 bits per heavy atom. The fraction of sp³-hybridized carbons (Fsp3) is 0.385. The third kappa shape index (κ3) is 2.61. The van der Waals surface area contributed by atoms with Gasteiger partial charge < -0.3 is 14.7 Å². The van der Waals surface area contributed by atoms with Gasteiger partial charge in [0.2, 0.25) is 0 Å². The van der Waals surface area contributed by atoms with Gasteiger partial charge >= 0.3 is 5.97 Å². The van der Waals surface area contributed by atoms with Crippen LogP contribution in [-0.2, 0) is 4.79 Å². The molecule has 1 aromatic carbocycles. The van der Waals surface area contributed by atoms with Crippen molar-refractivity contribution in [3.05, 3.63) is 29.8 Å². The zero-order valence-corrected chi connectivity index (χ0v) is 10.1. The molecular formula is C13H15NO4. The van der Waals surface area contributed by atoms with Crippen LogP contribution in [0.15, 0.2) is 24.3 Å². The molecule has 1 N–H and O–H groups in total. The smallest absolute Gasteiger partial charge is 0.323 e. The number of amides is 1. The van der Waals surface area contributed by atoms with Crippen LogP contribution in [0.3, 0.4) is 0 Å². The van der Waals surface area contributed by atoms with Gasteiger partial charge in [-0.05, 0) is 25.0 Å². The summed E-state index contributed by atoms with van der Waals surface area (Å²) in [5.41, 5.74) is 0.410. The molecule has 5 heteroatoms. The number of carbonyl (C=O) groups excluding carboxylic acids is 1. The number of aliphatic carboxylic acids is 1. The van der Waals surface area contributed by atoms with Crippen molar-refractivity contribution in [3.63, 3.8) is 0 Å². The first-order valence-electron chi connectivity index (χ1n) is 5.79. The van der Waals surface area contributed by atoms with Crippen molar-refractivity contribution in [2.75, 3.05) is 13.7 Å². The standard InChI is InChI=1S/C13H15NO4/c1-18-11-5-3-2-4-10(11)13(17)14(8-12(15)16)9-6-7-9/h2-5,9H,6-8H2,1H3,(H,15,16). The van der Waals surface area contributed by atoms with E-state index in [1.807, 2.05) is 0 Å². The number of benzene rings is 1. The number of carbonyl (C=O) groups is 2. The van der Waals surface area contributed by atoms with Gasteiger partial charge in [0, 0.05) is 6.04 Å². The first-order valence-corrected chi connectivity index (χ1v) is 5.79. The fourth-order valence-electron chi connectivity index (χ4n) is 1.87. The molecule has 0 atom stereocenters. The number of carboxylic acid groups (broad SMARTS) is 1. The van der Waals surface area contributed by atoms with E-state index in [2.05, 4.69) is 0 Å². The number of carboxylic acids is 1. The van der Waals surface area contributed by atoms with Crippen LogP contribution >= 0.6 is 0 Å². The highest BCUT2D eigenvalue weighted by molar-refractivity contribution is 5.98. The lowest BCUT2D eigenvalue weighted by Crippen LogP contribution is -2.37. The molecule has 0 unspecified atom stereocenters. The van der Waals surface area contributed by atoms with Gasteiger partial charge in [0.1, 0.15) is 12.3 Å². The molecule has 1 amide bonds. The van der Waals surface area contributed by atoms with Gasteiger partial charge in [0.25, 0.3) is 5.91 Å². The number of hydrogen-bond acceptors (Lipinski definition) is 3. The van der Waals surface area contributed by atoms with E-state index in [-0.39, 0.29) is 18.5 Å². The van der Waals surface area contributed by atoms with E-state index in [0.717, 1.165) is 12.8 Å². The minimum Gasteiger partial charge on any atom is -0.496 e. The predicted octanol–water partition coefficient (Wildman–Crippen LogP) is 1.38. The van der Waals surface area contributed by atoms with Crippen LogP contribution in [-0.4, -0.2) is 41.6 Å². The molecule has 1 aliphatic rings. The minimum atomic E-state index is -0.995. The van der Waals surface area contributed by atoms with Crippen LogP contribution in [0.5, 0.6) is 5.75 Å². The molecule has 18 heavy (non-hydrogen) atoms. The maximum atomic E-state index is 12.3. The van der Waals surface area contributed by atoms with Crippen LogP contribution in [0.4, 0.5) is 0 Å². The lowest BCUT2D eigenvalue weighted by molar-refractivity contribution is -0.137. The largest absolute Gasteiger partial charge is 0.496 e. The molecule has 1 fully saturated rings. The van der Waals surface area contributed by atoms with Crippen LogP contribution in [0.25, 0.3) is 0 Å². The first kappa shape index (κ1) is 12.4. The highest BCUT2D eigenvalue weighted by Gasteiger charge is 2.35. The SMILES string of the molecule is COc1ccccc1C(=O)N(CC(=O)O)C1CC1. The summed E-state index contributed by atoms with van der Waals surface area (Å²) in [6, 6.07) is 6.91. The van der Waals surface area contributed by atoms with Crippen LogP contribution in [0.1, 0.15) is 23.2 Å². The highest BCUT2D eigenvalue weighted by atomic mass is 16.5. The highest BCUT2D eigenvalue weighted by Crippen LogP contribution is 2.29. The van der Waals surface area contributed by atoms with Gasteiger partial charge in [-0.25, -0.2) is 0 Å². The van der Waals surface area contributed by atoms with Gasteiger partial charge in [-0.3, -0.25) is 9.59 Å². The molecule has 0 spiro atoms. The first-order chi connectivity index (χ1) is 8.63. The molecule has 0 aromatic heterocycles. The number of rotatable bonds is 5. The Bertz CT molecular complexity index is 468.